The van der Waals surface area contributed by atoms with Gasteiger partial charge in [0.05, 0.1) is 74.0 Å². The molecule has 24 nitrogen and oxygen atoms in total. The van der Waals surface area contributed by atoms with Gasteiger partial charge in [0.15, 0.2) is 0 Å². The van der Waals surface area contributed by atoms with Gasteiger partial charge in [-0.3, -0.25) is 28.8 Å². The Morgan fingerprint density at radius 3 is 0.800 bits per heavy atom. The number of carbonyl (C=O) groups is 6. The molecule has 14 N–H and O–H groups in total. The predicted molar refractivity (Wildman–Crippen MR) is 353 cm³/mol. The number of likely N-dealkylation sites (N-methyl/N-ethyl adjacent to an activating group) is 2. The molecule has 5 aromatic carbocycles. The second kappa shape index (κ2) is 39.5. The molecule has 0 heterocycles. The minimum absolute atomic E-state index is 0.00852. The molecule has 0 atom stereocenters. The smallest absolute Gasteiger partial charge is 0.259 e. The van der Waals surface area contributed by atoms with E-state index >= 15 is 0 Å². The molecule has 0 aromatic heterocycles. The molecule has 24 heteroatoms. The molecule has 5 rings (SSSR count). The molecule has 0 aliphatic carbocycles. The molecule has 5 aromatic rings. The Labute approximate surface area is 529 Å². The lowest BCUT2D eigenvalue weighted by molar-refractivity contribution is 0.0937. The van der Waals surface area contributed by atoms with Crippen LogP contribution in [-0.4, -0.2) is 166 Å². The van der Waals surface area contributed by atoms with Crippen LogP contribution in [0.25, 0.3) is 0 Å². The maximum Gasteiger partial charge on any atom is 0.259 e. The van der Waals surface area contributed by atoms with Gasteiger partial charge in [-0.2, -0.15) is 0 Å². The summed E-state index contributed by atoms with van der Waals surface area (Å²) in [6, 6.07) is 21.7. The third-order valence-electron chi connectivity index (χ3n) is 14.1. The largest absolute Gasteiger partial charge is 0.496 e. The lowest BCUT2D eigenvalue weighted by atomic mass is 10.1. The summed E-state index contributed by atoms with van der Waals surface area (Å²) in [5.41, 5.74) is 24.9. The van der Waals surface area contributed by atoms with Crippen LogP contribution < -0.4 is 83.3 Å². The Balaban J connectivity index is 1.33. The molecular formula is C66H94N12O12. The molecule has 0 saturated heterocycles. The number of anilines is 4. The highest BCUT2D eigenvalue weighted by atomic mass is 16.5. The van der Waals surface area contributed by atoms with Crippen LogP contribution in [0.4, 0.5) is 22.7 Å². The van der Waals surface area contributed by atoms with E-state index in [2.05, 4.69) is 31.9 Å². The summed E-state index contributed by atoms with van der Waals surface area (Å²) in [7, 11) is 10.4. The molecule has 0 saturated carbocycles. The average molecular weight is 1250 g/mol. The van der Waals surface area contributed by atoms with Crippen LogP contribution in [0.15, 0.2) is 84.9 Å². The van der Waals surface area contributed by atoms with Crippen LogP contribution >= 0.6 is 0 Å². The number of hydrogen-bond acceptors (Lipinski definition) is 18. The zero-order chi connectivity index (χ0) is 65.2. The van der Waals surface area contributed by atoms with Crippen LogP contribution in [0.5, 0.6) is 34.5 Å². The van der Waals surface area contributed by atoms with Crippen molar-refractivity contribution < 1.29 is 57.2 Å². The Bertz CT molecular complexity index is 2890. The highest BCUT2D eigenvalue weighted by Crippen LogP contribution is 2.35. The highest BCUT2D eigenvalue weighted by Gasteiger charge is 2.26. The number of benzene rings is 5. The number of nitrogens with one attached hydrogen (secondary N) is 6. The van der Waals surface area contributed by atoms with Gasteiger partial charge in [0, 0.05) is 67.1 Å². The van der Waals surface area contributed by atoms with Crippen molar-refractivity contribution in [1.82, 2.24) is 20.4 Å². The van der Waals surface area contributed by atoms with Crippen LogP contribution in [0, 0.1) is 0 Å². The Morgan fingerprint density at radius 2 is 0.567 bits per heavy atom. The third kappa shape index (κ3) is 23.8. The minimum Gasteiger partial charge on any atom is -0.496 e. The average Bonchev–Trinajstić information content (AvgIpc) is 0.977. The molecule has 6 amide bonds. The fraction of sp³-hybridized carbons (Fsp3) is 0.455. The monoisotopic (exact) mass is 1250 g/mol. The second-order valence-corrected chi connectivity index (χ2v) is 21.8. The van der Waals surface area contributed by atoms with Gasteiger partial charge in [0.1, 0.15) is 34.5 Å². The van der Waals surface area contributed by atoms with Crippen molar-refractivity contribution in [3.63, 3.8) is 0 Å². The molecular weight excluding hydrogens is 1150 g/mol. The lowest BCUT2D eigenvalue weighted by Gasteiger charge is -2.18. The fourth-order valence-electron chi connectivity index (χ4n) is 9.03. The summed E-state index contributed by atoms with van der Waals surface area (Å²) in [4.78, 5) is 87.7. The number of unbranched alkanes of at least 4 members (excludes halogenated alkanes) is 8. The molecule has 490 valence electrons. The summed E-state index contributed by atoms with van der Waals surface area (Å²) in [5, 5.41) is 17.3. The summed E-state index contributed by atoms with van der Waals surface area (Å²) >= 11 is 0. The zero-order valence-corrected chi connectivity index (χ0v) is 53.2. The van der Waals surface area contributed by atoms with E-state index < -0.39 is 35.4 Å². The van der Waals surface area contributed by atoms with Gasteiger partial charge < -0.3 is 93.1 Å². The SMILES string of the molecule is COc1cc(OC)c(C(=O)Nc2ccc(NC(=O)c3cc(C(=O)NCCN(C)C)c(OCCCCCN)cc3OCCCCCN)cc2)cc1C(=O)Nc1ccc(NC(=O)c2cc(C(=O)NCCN(C)C)c(OCCCCCN)cc2OCCCCCN)cc1. The Hall–Kier alpha value is -8.52. The number of carbonyl (C=O) groups excluding carboxylic acids is 6. The third-order valence-corrected chi connectivity index (χ3v) is 14.1. The van der Waals surface area contributed by atoms with E-state index in [1.54, 1.807) is 60.7 Å². The molecule has 0 aliphatic heterocycles. The van der Waals surface area contributed by atoms with Crippen molar-refractivity contribution >= 4 is 58.2 Å². The molecule has 90 heavy (non-hydrogen) atoms. The first-order valence-electron chi connectivity index (χ1n) is 30.8. The minimum atomic E-state index is -0.621. The summed E-state index contributed by atoms with van der Waals surface area (Å²) in [6.07, 6.45) is 9.46. The van der Waals surface area contributed by atoms with Crippen LogP contribution in [0.3, 0.4) is 0 Å². The van der Waals surface area contributed by atoms with E-state index in [9.17, 15) is 28.8 Å². The maximum atomic E-state index is 14.2. The normalized spacial score (nSPS) is 11.0. The molecule has 0 spiro atoms. The summed E-state index contributed by atoms with van der Waals surface area (Å²) in [6.45, 7) is 5.37. The first-order chi connectivity index (χ1) is 43.5. The zero-order valence-electron chi connectivity index (χ0n) is 53.2. The molecule has 0 radical (unpaired) electrons. The van der Waals surface area contributed by atoms with E-state index in [1.165, 1.54) is 38.5 Å². The van der Waals surface area contributed by atoms with Gasteiger partial charge in [-0.15, -0.1) is 0 Å². The van der Waals surface area contributed by atoms with E-state index in [1.807, 2.05) is 38.0 Å². The predicted octanol–water partition coefficient (Wildman–Crippen LogP) is 7.33. The fourth-order valence-corrected chi connectivity index (χ4v) is 9.03. The van der Waals surface area contributed by atoms with E-state index in [4.69, 9.17) is 51.4 Å². The maximum absolute atomic E-state index is 14.2. The van der Waals surface area contributed by atoms with Gasteiger partial charge >= 0.3 is 0 Å². The van der Waals surface area contributed by atoms with Crippen molar-refractivity contribution in [1.29, 1.82) is 0 Å². The number of amides is 6. The molecule has 0 unspecified atom stereocenters. The van der Waals surface area contributed by atoms with Gasteiger partial charge in [0.25, 0.3) is 35.4 Å². The number of rotatable bonds is 42. The van der Waals surface area contributed by atoms with E-state index in [-0.39, 0.29) is 67.9 Å². The highest BCUT2D eigenvalue weighted by molar-refractivity contribution is 6.13. The number of hydrogen-bond donors (Lipinski definition) is 10. The first-order valence-corrected chi connectivity index (χ1v) is 30.8. The molecule has 0 fully saturated rings. The number of nitrogens with two attached hydrogens (primary N) is 4. The number of ether oxygens (including phenoxy) is 6. The topological polar surface area (TPSA) is 341 Å². The summed E-state index contributed by atoms with van der Waals surface area (Å²) in [5.74, 6) is -1.89. The quantitative estimate of drug-likeness (QED) is 0.0171. The Kier molecular flexibility index (Phi) is 31.7. The van der Waals surface area contributed by atoms with Crippen molar-refractivity contribution in [3.05, 3.63) is 118 Å². The van der Waals surface area contributed by atoms with Crippen molar-refractivity contribution in [3.8, 4) is 34.5 Å². The summed E-state index contributed by atoms with van der Waals surface area (Å²) < 4.78 is 35.9. The van der Waals surface area contributed by atoms with Crippen LogP contribution in [0.2, 0.25) is 0 Å². The van der Waals surface area contributed by atoms with Crippen molar-refractivity contribution in [2.24, 2.45) is 22.9 Å². The van der Waals surface area contributed by atoms with E-state index in [0.29, 0.717) is 127 Å². The number of methoxy groups -OCH3 is 2. The van der Waals surface area contributed by atoms with Gasteiger partial charge in [-0.05, 0) is 198 Å². The van der Waals surface area contributed by atoms with E-state index in [0.717, 1.165) is 51.4 Å². The van der Waals surface area contributed by atoms with Crippen molar-refractivity contribution in [2.45, 2.75) is 77.0 Å². The number of nitrogens with zero attached hydrogens (tertiary/aromatic N) is 2. The van der Waals surface area contributed by atoms with Gasteiger partial charge in [-0.1, -0.05) is 0 Å². The molecule has 0 bridgehead atoms. The molecule has 0 aliphatic rings. The standard InChI is InChI=1S/C66H94N12O12/c1-77(2)33-31-71-61(79)51-40-53(59(89-37-17-9-13-29-69)43-57(51)87-35-15-7-11-27-67)65(83)75-47-23-19-45(20-24-47)73-63(81)49-39-50(56(86-6)42-55(49)85-5)64(82)74-46-21-25-48(26-22-46)76-66(84)54-41-52(62(80)72-32-34-78(3)4)58(88-36-16-8-12-28-68)44-60(54)90-38-18-10-14-30-70/h19-26,39-44H,7-18,27-38,67-70H2,1-6H3,(H,71,79)(H,72,80)(H,73,81)(H,74,82)(H,75,83)(H,76,84). The van der Waals surface area contributed by atoms with Crippen LogP contribution in [-0.2, 0) is 0 Å². The second-order valence-electron chi connectivity index (χ2n) is 21.8. The first kappa shape index (κ1) is 72.2. The van der Waals surface area contributed by atoms with Crippen molar-refractivity contribution in [2.75, 3.05) is 142 Å². The van der Waals surface area contributed by atoms with Gasteiger partial charge in [-0.25, -0.2) is 0 Å². The van der Waals surface area contributed by atoms with Gasteiger partial charge in [0.2, 0.25) is 0 Å². The lowest BCUT2D eigenvalue weighted by Crippen LogP contribution is -2.32. The van der Waals surface area contributed by atoms with Crippen LogP contribution in [0.1, 0.15) is 139 Å². The Morgan fingerprint density at radius 1 is 0.333 bits per heavy atom.